The van der Waals surface area contributed by atoms with Crippen LogP contribution in [0.1, 0.15) is 46.3 Å². The summed E-state index contributed by atoms with van der Waals surface area (Å²) in [6.45, 7) is 3.82. The van der Waals surface area contributed by atoms with Crippen LogP contribution >= 0.6 is 0 Å². The van der Waals surface area contributed by atoms with Crippen molar-refractivity contribution in [1.29, 1.82) is 0 Å². The van der Waals surface area contributed by atoms with Gasteiger partial charge in [0, 0.05) is 11.9 Å². The van der Waals surface area contributed by atoms with Crippen LogP contribution in [0.4, 0.5) is 0 Å². The molecule has 0 unspecified atom stereocenters. The lowest BCUT2D eigenvalue weighted by molar-refractivity contribution is 0.0696. The molecule has 0 aromatic carbocycles. The first-order valence-corrected chi connectivity index (χ1v) is 5.99. The van der Waals surface area contributed by atoms with E-state index in [1.807, 2.05) is 13.8 Å². The molecular weight excluding hydrogens is 260 g/mol. The minimum absolute atomic E-state index is 0.0687. The summed E-state index contributed by atoms with van der Waals surface area (Å²) in [7, 11) is 0. The zero-order valence-electron chi connectivity index (χ0n) is 11.1. The van der Waals surface area contributed by atoms with E-state index in [4.69, 9.17) is 10.8 Å². The molecule has 20 heavy (non-hydrogen) atoms. The lowest BCUT2D eigenvalue weighted by Gasteiger charge is -2.09. The molecule has 7 heteroatoms. The Morgan fingerprint density at radius 3 is 2.55 bits per heavy atom. The number of hydrogen-bond donors (Lipinski definition) is 2. The fraction of sp³-hybridized carbons (Fsp3) is 0.231. The van der Waals surface area contributed by atoms with Crippen molar-refractivity contribution in [3.05, 3.63) is 41.3 Å². The average Bonchev–Trinajstić information content (AvgIpc) is 2.87. The van der Waals surface area contributed by atoms with Gasteiger partial charge in [0.25, 0.3) is 5.91 Å². The second-order valence-electron chi connectivity index (χ2n) is 4.61. The molecule has 3 N–H and O–H groups in total. The van der Waals surface area contributed by atoms with Crippen molar-refractivity contribution < 1.29 is 14.7 Å². The Kier molecular flexibility index (Phi) is 3.51. The van der Waals surface area contributed by atoms with E-state index in [0.29, 0.717) is 11.5 Å². The Morgan fingerprint density at radius 2 is 2.05 bits per heavy atom. The topological polar surface area (TPSA) is 111 Å². The number of rotatable bonds is 4. The maximum Gasteiger partial charge on any atom is 0.335 e. The minimum Gasteiger partial charge on any atom is -0.478 e. The molecule has 2 aromatic rings. The van der Waals surface area contributed by atoms with Gasteiger partial charge in [-0.3, -0.25) is 4.79 Å². The van der Waals surface area contributed by atoms with Crippen molar-refractivity contribution >= 4 is 11.9 Å². The van der Waals surface area contributed by atoms with E-state index in [1.165, 1.54) is 29.1 Å². The Balaban J connectivity index is 2.54. The van der Waals surface area contributed by atoms with E-state index in [2.05, 4.69) is 10.1 Å². The zero-order chi connectivity index (χ0) is 14.9. The van der Waals surface area contributed by atoms with Gasteiger partial charge in [-0.15, -0.1) is 0 Å². The highest BCUT2D eigenvalue weighted by Crippen LogP contribution is 2.17. The van der Waals surface area contributed by atoms with Crippen molar-refractivity contribution in [3.63, 3.8) is 0 Å². The maximum atomic E-state index is 11.1. The Morgan fingerprint density at radius 1 is 1.35 bits per heavy atom. The second-order valence-corrected chi connectivity index (χ2v) is 4.61. The standard InChI is InChI=1S/C13H14N4O3/c1-7(2)10-5-8(13(19)20)6-11(15-10)17-4-3-9(16-17)12(14)18/h3-7H,1-2H3,(H2,14,18)(H,19,20). The summed E-state index contributed by atoms with van der Waals surface area (Å²) in [5, 5.41) is 13.1. The smallest absolute Gasteiger partial charge is 0.335 e. The lowest BCUT2D eigenvalue weighted by Crippen LogP contribution is -2.13. The second kappa shape index (κ2) is 5.12. The number of nitrogens with two attached hydrogens (primary N) is 1. The zero-order valence-corrected chi connectivity index (χ0v) is 11.1. The molecule has 0 spiro atoms. The van der Waals surface area contributed by atoms with Gasteiger partial charge in [-0.05, 0) is 24.1 Å². The van der Waals surface area contributed by atoms with E-state index in [1.54, 1.807) is 0 Å². The van der Waals surface area contributed by atoms with Crippen molar-refractivity contribution in [2.45, 2.75) is 19.8 Å². The van der Waals surface area contributed by atoms with Crippen LogP contribution in [-0.4, -0.2) is 31.7 Å². The van der Waals surface area contributed by atoms with Crippen molar-refractivity contribution in [1.82, 2.24) is 14.8 Å². The van der Waals surface area contributed by atoms with Crippen LogP contribution in [0.25, 0.3) is 5.82 Å². The van der Waals surface area contributed by atoms with E-state index < -0.39 is 11.9 Å². The fourth-order valence-electron chi connectivity index (χ4n) is 1.66. The summed E-state index contributed by atoms with van der Waals surface area (Å²) in [5.74, 6) is -1.29. The highest BCUT2D eigenvalue weighted by atomic mass is 16.4. The van der Waals surface area contributed by atoms with Gasteiger partial charge >= 0.3 is 5.97 Å². The number of aromatic nitrogens is 3. The molecule has 0 aliphatic rings. The van der Waals surface area contributed by atoms with Crippen molar-refractivity contribution in [2.75, 3.05) is 0 Å². The Bertz CT molecular complexity index is 676. The first kappa shape index (κ1) is 13.7. The summed E-state index contributed by atoms with van der Waals surface area (Å²) in [6.07, 6.45) is 1.51. The third-order valence-electron chi connectivity index (χ3n) is 2.75. The van der Waals surface area contributed by atoms with Crippen LogP contribution in [0.5, 0.6) is 0 Å². The molecule has 0 radical (unpaired) electrons. The number of carboxylic acid groups (broad SMARTS) is 1. The SMILES string of the molecule is CC(C)c1cc(C(=O)O)cc(-n2ccc(C(N)=O)n2)n1. The molecule has 7 nitrogen and oxygen atoms in total. The number of nitrogens with zero attached hydrogens (tertiary/aromatic N) is 3. The number of carbonyl (C=O) groups is 2. The van der Waals surface area contributed by atoms with Crippen molar-refractivity contribution in [2.24, 2.45) is 5.73 Å². The molecule has 0 saturated heterocycles. The monoisotopic (exact) mass is 274 g/mol. The highest BCUT2D eigenvalue weighted by molar-refractivity contribution is 5.90. The molecule has 0 aliphatic carbocycles. The molecule has 0 saturated carbocycles. The van der Waals surface area contributed by atoms with Gasteiger partial charge in [-0.25, -0.2) is 14.5 Å². The third kappa shape index (κ3) is 2.66. The predicted molar refractivity (Wildman–Crippen MR) is 70.9 cm³/mol. The molecular formula is C13H14N4O3. The van der Waals surface area contributed by atoms with Gasteiger partial charge in [-0.2, -0.15) is 5.10 Å². The largest absolute Gasteiger partial charge is 0.478 e. The summed E-state index contributed by atoms with van der Waals surface area (Å²) >= 11 is 0. The first-order chi connectivity index (χ1) is 9.38. The van der Waals surface area contributed by atoms with E-state index >= 15 is 0 Å². The predicted octanol–water partition coefficient (Wildman–Crippen LogP) is 1.19. The van der Waals surface area contributed by atoms with Crippen LogP contribution in [0.2, 0.25) is 0 Å². The van der Waals surface area contributed by atoms with Gasteiger partial charge in [-0.1, -0.05) is 13.8 Å². The molecule has 2 aromatic heterocycles. The summed E-state index contributed by atoms with van der Waals surface area (Å²) < 4.78 is 1.33. The number of carboxylic acids is 1. The first-order valence-electron chi connectivity index (χ1n) is 5.99. The number of amides is 1. The van der Waals surface area contributed by atoms with E-state index in [0.717, 1.165) is 0 Å². The molecule has 0 atom stereocenters. The molecule has 0 aliphatic heterocycles. The summed E-state index contributed by atoms with van der Waals surface area (Å²) in [6, 6.07) is 4.37. The van der Waals surface area contributed by atoms with Gasteiger partial charge in [0.1, 0.15) is 5.69 Å². The molecule has 104 valence electrons. The van der Waals surface area contributed by atoms with Gasteiger partial charge in [0.15, 0.2) is 5.82 Å². The normalized spacial score (nSPS) is 10.8. The van der Waals surface area contributed by atoms with Crippen LogP contribution < -0.4 is 5.73 Å². The Hall–Kier alpha value is -2.70. The lowest BCUT2D eigenvalue weighted by atomic mass is 10.1. The number of aromatic carboxylic acids is 1. The molecule has 1 amide bonds. The molecule has 2 heterocycles. The Labute approximate surface area is 115 Å². The third-order valence-corrected chi connectivity index (χ3v) is 2.75. The quantitative estimate of drug-likeness (QED) is 0.869. The van der Waals surface area contributed by atoms with Crippen LogP contribution in [0.3, 0.4) is 0 Å². The van der Waals surface area contributed by atoms with Crippen LogP contribution in [0, 0.1) is 0 Å². The fourth-order valence-corrected chi connectivity index (χ4v) is 1.66. The summed E-state index contributed by atoms with van der Waals surface area (Å²) in [5.41, 5.74) is 5.98. The van der Waals surface area contributed by atoms with Crippen molar-refractivity contribution in [3.8, 4) is 5.82 Å². The number of hydrogen-bond acceptors (Lipinski definition) is 4. The molecule has 0 fully saturated rings. The van der Waals surface area contributed by atoms with Gasteiger partial charge in [0.2, 0.25) is 0 Å². The molecule has 0 bridgehead atoms. The maximum absolute atomic E-state index is 11.1. The number of pyridine rings is 1. The minimum atomic E-state index is -1.04. The number of primary amides is 1. The van der Waals surface area contributed by atoms with Gasteiger partial charge in [0.05, 0.1) is 5.56 Å². The summed E-state index contributed by atoms with van der Waals surface area (Å²) in [4.78, 5) is 26.5. The van der Waals surface area contributed by atoms with E-state index in [-0.39, 0.29) is 17.2 Å². The van der Waals surface area contributed by atoms with E-state index in [9.17, 15) is 9.59 Å². The van der Waals surface area contributed by atoms with Gasteiger partial charge < -0.3 is 10.8 Å². The highest BCUT2D eigenvalue weighted by Gasteiger charge is 2.13. The van der Waals surface area contributed by atoms with Crippen LogP contribution in [0.15, 0.2) is 24.4 Å². The average molecular weight is 274 g/mol. The molecule has 2 rings (SSSR count). The number of carbonyl (C=O) groups excluding carboxylic acids is 1. The van der Waals surface area contributed by atoms with Crippen LogP contribution in [-0.2, 0) is 0 Å².